The fourth-order valence-corrected chi connectivity index (χ4v) is 2.76. The number of hydrogen-bond donors (Lipinski definition) is 2. The SMILES string of the molecule is CCCNC1(CO)CCCC(OCCOC(C)(C)C)C1. The van der Waals surface area contributed by atoms with E-state index in [1.54, 1.807) is 0 Å². The van der Waals surface area contributed by atoms with Gasteiger partial charge >= 0.3 is 0 Å². The Morgan fingerprint density at radius 1 is 1.30 bits per heavy atom. The molecule has 4 heteroatoms. The summed E-state index contributed by atoms with van der Waals surface area (Å²) in [5.41, 5.74) is -0.239. The molecule has 0 radical (unpaired) electrons. The second-order valence-electron chi connectivity index (χ2n) is 6.92. The zero-order chi connectivity index (χ0) is 15.1. The average molecular weight is 287 g/mol. The van der Waals surface area contributed by atoms with Crippen molar-refractivity contribution in [2.45, 2.75) is 77.0 Å². The topological polar surface area (TPSA) is 50.7 Å². The summed E-state index contributed by atoms with van der Waals surface area (Å²) in [5, 5.41) is 13.2. The van der Waals surface area contributed by atoms with E-state index in [1.807, 2.05) is 0 Å². The number of nitrogens with one attached hydrogen (secondary N) is 1. The zero-order valence-corrected chi connectivity index (χ0v) is 13.7. The predicted octanol–water partition coefficient (Wildman–Crippen LogP) is 2.49. The zero-order valence-electron chi connectivity index (χ0n) is 13.7. The van der Waals surface area contributed by atoms with Crippen LogP contribution in [0, 0.1) is 0 Å². The molecule has 1 aliphatic carbocycles. The molecule has 1 fully saturated rings. The summed E-state index contributed by atoms with van der Waals surface area (Å²) >= 11 is 0. The Balaban J connectivity index is 2.32. The Bertz CT molecular complexity index is 265. The first-order valence-corrected chi connectivity index (χ1v) is 8.02. The van der Waals surface area contributed by atoms with E-state index in [4.69, 9.17) is 9.47 Å². The molecule has 4 nitrogen and oxygen atoms in total. The first-order chi connectivity index (χ1) is 9.41. The highest BCUT2D eigenvalue weighted by Gasteiger charge is 2.35. The molecule has 2 N–H and O–H groups in total. The third-order valence-corrected chi connectivity index (χ3v) is 3.82. The summed E-state index contributed by atoms with van der Waals surface area (Å²) in [6, 6.07) is 0. The second-order valence-corrected chi connectivity index (χ2v) is 6.92. The first-order valence-electron chi connectivity index (χ1n) is 8.02. The molecule has 0 aromatic heterocycles. The van der Waals surface area contributed by atoms with Gasteiger partial charge in [-0.15, -0.1) is 0 Å². The van der Waals surface area contributed by atoms with Crippen molar-refractivity contribution in [1.82, 2.24) is 5.32 Å². The van der Waals surface area contributed by atoms with E-state index >= 15 is 0 Å². The van der Waals surface area contributed by atoms with Crippen LogP contribution in [0.15, 0.2) is 0 Å². The number of aliphatic hydroxyl groups excluding tert-OH is 1. The van der Waals surface area contributed by atoms with Crippen LogP contribution >= 0.6 is 0 Å². The van der Waals surface area contributed by atoms with Gasteiger partial charge in [0.25, 0.3) is 0 Å². The Morgan fingerprint density at radius 2 is 2.05 bits per heavy atom. The quantitative estimate of drug-likeness (QED) is 0.674. The van der Waals surface area contributed by atoms with Gasteiger partial charge in [0.1, 0.15) is 0 Å². The summed E-state index contributed by atoms with van der Waals surface area (Å²) in [6.45, 7) is 10.7. The maximum atomic E-state index is 9.72. The van der Waals surface area contributed by atoms with Gasteiger partial charge in [-0.25, -0.2) is 0 Å². The van der Waals surface area contributed by atoms with Gasteiger partial charge in [-0.2, -0.15) is 0 Å². The Kier molecular flexibility index (Phi) is 7.45. The smallest absolute Gasteiger partial charge is 0.0707 e. The van der Waals surface area contributed by atoms with Crippen LogP contribution in [-0.2, 0) is 9.47 Å². The molecule has 0 aliphatic heterocycles. The maximum Gasteiger partial charge on any atom is 0.0707 e. The lowest BCUT2D eigenvalue weighted by molar-refractivity contribution is -0.0692. The van der Waals surface area contributed by atoms with E-state index in [9.17, 15) is 5.11 Å². The minimum absolute atomic E-state index is 0.104. The fraction of sp³-hybridized carbons (Fsp3) is 1.00. The fourth-order valence-electron chi connectivity index (χ4n) is 2.76. The normalized spacial score (nSPS) is 27.8. The highest BCUT2D eigenvalue weighted by Crippen LogP contribution is 2.30. The molecule has 0 bridgehead atoms. The molecule has 0 aromatic rings. The molecule has 0 heterocycles. The summed E-state index contributed by atoms with van der Waals surface area (Å²) in [4.78, 5) is 0. The van der Waals surface area contributed by atoms with Crippen LogP contribution in [-0.4, -0.2) is 48.7 Å². The third kappa shape index (κ3) is 6.53. The number of rotatable bonds is 8. The summed E-state index contributed by atoms with van der Waals surface area (Å²) in [6.07, 6.45) is 5.48. The molecule has 120 valence electrons. The molecule has 0 saturated heterocycles. The van der Waals surface area contributed by atoms with Gasteiger partial charge in [0.2, 0.25) is 0 Å². The molecule has 1 aliphatic rings. The van der Waals surface area contributed by atoms with E-state index in [0.29, 0.717) is 13.2 Å². The van der Waals surface area contributed by atoms with Gasteiger partial charge in [-0.3, -0.25) is 0 Å². The van der Waals surface area contributed by atoms with Crippen molar-refractivity contribution in [2.75, 3.05) is 26.4 Å². The van der Waals surface area contributed by atoms with Gasteiger partial charge in [-0.05, 0) is 59.4 Å². The van der Waals surface area contributed by atoms with Crippen LogP contribution in [0.5, 0.6) is 0 Å². The average Bonchev–Trinajstić information content (AvgIpc) is 2.41. The maximum absolute atomic E-state index is 9.72. The van der Waals surface area contributed by atoms with Crippen molar-refractivity contribution in [1.29, 1.82) is 0 Å². The van der Waals surface area contributed by atoms with E-state index in [2.05, 4.69) is 33.0 Å². The van der Waals surface area contributed by atoms with Crippen LogP contribution in [0.25, 0.3) is 0 Å². The molecule has 0 spiro atoms. The van der Waals surface area contributed by atoms with Crippen molar-refractivity contribution in [3.05, 3.63) is 0 Å². The van der Waals surface area contributed by atoms with Crippen LogP contribution < -0.4 is 5.32 Å². The van der Waals surface area contributed by atoms with E-state index in [1.165, 1.54) is 0 Å². The van der Waals surface area contributed by atoms with E-state index in [-0.39, 0.29) is 23.9 Å². The molecule has 1 rings (SSSR count). The van der Waals surface area contributed by atoms with Crippen LogP contribution in [0.1, 0.15) is 59.8 Å². The highest BCUT2D eigenvalue weighted by atomic mass is 16.5. The second kappa shape index (κ2) is 8.32. The van der Waals surface area contributed by atoms with Crippen molar-refractivity contribution >= 4 is 0 Å². The van der Waals surface area contributed by atoms with Gasteiger partial charge in [-0.1, -0.05) is 6.92 Å². The molecule has 2 atom stereocenters. The van der Waals surface area contributed by atoms with Crippen molar-refractivity contribution in [3.8, 4) is 0 Å². The summed E-state index contributed by atoms with van der Waals surface area (Å²) in [7, 11) is 0. The Labute approximate surface area is 124 Å². The van der Waals surface area contributed by atoms with Crippen molar-refractivity contribution < 1.29 is 14.6 Å². The standard InChI is InChI=1S/C16H33NO3/c1-5-9-17-16(13-18)8-6-7-14(12-16)19-10-11-20-15(2,3)4/h14,17-18H,5-13H2,1-4H3. The first kappa shape index (κ1) is 17.9. The predicted molar refractivity (Wildman–Crippen MR) is 82.0 cm³/mol. The minimum Gasteiger partial charge on any atom is -0.394 e. The lowest BCUT2D eigenvalue weighted by Gasteiger charge is -2.40. The van der Waals surface area contributed by atoms with Crippen LogP contribution in [0.4, 0.5) is 0 Å². The van der Waals surface area contributed by atoms with E-state index < -0.39 is 0 Å². The number of ether oxygens (including phenoxy) is 2. The molecular formula is C16H33NO3. The largest absolute Gasteiger partial charge is 0.394 e. The highest BCUT2D eigenvalue weighted by molar-refractivity contribution is 4.93. The Hall–Kier alpha value is -0.160. The van der Waals surface area contributed by atoms with E-state index in [0.717, 1.165) is 38.6 Å². The lowest BCUT2D eigenvalue weighted by atomic mass is 9.80. The van der Waals surface area contributed by atoms with Crippen LogP contribution in [0.2, 0.25) is 0 Å². The molecule has 20 heavy (non-hydrogen) atoms. The van der Waals surface area contributed by atoms with Crippen molar-refractivity contribution in [3.63, 3.8) is 0 Å². The molecule has 1 saturated carbocycles. The monoisotopic (exact) mass is 287 g/mol. The molecule has 2 unspecified atom stereocenters. The van der Waals surface area contributed by atoms with Crippen LogP contribution in [0.3, 0.4) is 0 Å². The van der Waals surface area contributed by atoms with Gasteiger partial charge in [0.15, 0.2) is 0 Å². The molecular weight excluding hydrogens is 254 g/mol. The Morgan fingerprint density at radius 3 is 2.65 bits per heavy atom. The van der Waals surface area contributed by atoms with Gasteiger partial charge in [0.05, 0.1) is 31.5 Å². The summed E-state index contributed by atoms with van der Waals surface area (Å²) in [5.74, 6) is 0. The summed E-state index contributed by atoms with van der Waals surface area (Å²) < 4.78 is 11.6. The molecule has 0 aromatic carbocycles. The van der Waals surface area contributed by atoms with Gasteiger partial charge in [0, 0.05) is 5.54 Å². The number of hydrogen-bond acceptors (Lipinski definition) is 4. The lowest BCUT2D eigenvalue weighted by Crippen LogP contribution is -2.53. The number of aliphatic hydroxyl groups is 1. The van der Waals surface area contributed by atoms with Gasteiger partial charge < -0.3 is 19.9 Å². The third-order valence-electron chi connectivity index (χ3n) is 3.82. The minimum atomic E-state index is -0.135. The van der Waals surface area contributed by atoms with Crippen molar-refractivity contribution in [2.24, 2.45) is 0 Å². The molecule has 0 amide bonds.